The van der Waals surface area contributed by atoms with Crippen molar-refractivity contribution in [3.05, 3.63) is 35.4 Å². The zero-order valence-electron chi connectivity index (χ0n) is 9.62. The summed E-state index contributed by atoms with van der Waals surface area (Å²) in [7, 11) is -6.81. The Kier molecular flexibility index (Phi) is 2.82. The van der Waals surface area contributed by atoms with E-state index >= 15 is 0 Å². The molecule has 0 amide bonds. The highest BCUT2D eigenvalue weighted by molar-refractivity contribution is 7.95. The third-order valence-corrected chi connectivity index (χ3v) is 6.35. The van der Waals surface area contributed by atoms with E-state index in [1.807, 2.05) is 0 Å². The summed E-state index contributed by atoms with van der Waals surface area (Å²) in [5.74, 6) is 0. The summed E-state index contributed by atoms with van der Waals surface area (Å²) in [6.07, 6.45) is 2.48. The Morgan fingerprint density at radius 3 is 2.12 bits per heavy atom. The van der Waals surface area contributed by atoms with Crippen molar-refractivity contribution >= 4 is 19.7 Å². The highest BCUT2D eigenvalue weighted by Crippen LogP contribution is 2.40. The minimum atomic E-state index is -3.43. The monoisotopic (exact) mass is 274 g/mol. The van der Waals surface area contributed by atoms with Gasteiger partial charge in [0.15, 0.2) is 19.7 Å². The number of hydrogen-bond donors (Lipinski definition) is 0. The van der Waals surface area contributed by atoms with Crippen LogP contribution in [0.5, 0.6) is 0 Å². The number of sulfone groups is 2. The van der Waals surface area contributed by atoms with Crippen LogP contribution in [0.1, 0.15) is 16.4 Å². The zero-order valence-corrected chi connectivity index (χ0v) is 11.3. The van der Waals surface area contributed by atoms with Gasteiger partial charge in [-0.05, 0) is 17.5 Å². The average Bonchev–Trinajstić information content (AvgIpc) is 2.54. The lowest BCUT2D eigenvalue weighted by molar-refractivity contribution is 0.567. The standard InChI is InChI=1S/C11H14O4S2/c1-16(12,13)10-7-8-5-3-4-6-9(8)11(10)17(2,14)15/h3-6,10-11H,7H2,1-2H3/t10-,11-/m1/s1. The molecule has 2 rings (SSSR count). The Hall–Kier alpha value is -0.880. The van der Waals surface area contributed by atoms with Gasteiger partial charge in [0.05, 0.1) is 5.25 Å². The first-order valence-corrected chi connectivity index (χ1v) is 9.07. The van der Waals surface area contributed by atoms with Gasteiger partial charge in [0.2, 0.25) is 0 Å². The van der Waals surface area contributed by atoms with E-state index in [-0.39, 0.29) is 6.42 Å². The maximum absolute atomic E-state index is 11.8. The molecule has 0 bridgehead atoms. The maximum Gasteiger partial charge on any atom is 0.155 e. The molecule has 0 heterocycles. The van der Waals surface area contributed by atoms with Gasteiger partial charge in [-0.3, -0.25) is 0 Å². The van der Waals surface area contributed by atoms with Gasteiger partial charge in [0.25, 0.3) is 0 Å². The molecule has 0 spiro atoms. The zero-order chi connectivity index (χ0) is 12.8. The fourth-order valence-electron chi connectivity index (χ4n) is 2.40. The van der Waals surface area contributed by atoms with Gasteiger partial charge in [-0.2, -0.15) is 0 Å². The van der Waals surface area contributed by atoms with Crippen LogP contribution >= 0.6 is 0 Å². The summed E-state index contributed by atoms with van der Waals surface area (Å²) in [6.45, 7) is 0. The van der Waals surface area contributed by atoms with E-state index in [0.717, 1.165) is 18.1 Å². The second-order valence-corrected chi connectivity index (χ2v) is 8.95. The Balaban J connectivity index is 2.64. The summed E-state index contributed by atoms with van der Waals surface area (Å²) < 4.78 is 47.0. The van der Waals surface area contributed by atoms with Crippen LogP contribution in [0.4, 0.5) is 0 Å². The van der Waals surface area contributed by atoms with E-state index in [1.54, 1.807) is 24.3 Å². The normalized spacial score (nSPS) is 24.6. The second kappa shape index (κ2) is 3.81. The Morgan fingerprint density at radius 1 is 1.00 bits per heavy atom. The molecule has 1 aromatic rings. The minimum absolute atomic E-state index is 0.284. The van der Waals surface area contributed by atoms with Crippen LogP contribution in [-0.2, 0) is 26.1 Å². The van der Waals surface area contributed by atoms with Crippen LogP contribution in [-0.4, -0.2) is 34.6 Å². The molecule has 0 aliphatic heterocycles. The number of benzene rings is 1. The van der Waals surface area contributed by atoms with Crippen LogP contribution in [0.3, 0.4) is 0 Å². The highest BCUT2D eigenvalue weighted by atomic mass is 32.2. The molecule has 0 radical (unpaired) electrons. The summed E-state index contributed by atoms with van der Waals surface area (Å²) >= 11 is 0. The van der Waals surface area contributed by atoms with Crippen molar-refractivity contribution in [3.63, 3.8) is 0 Å². The maximum atomic E-state index is 11.8. The number of rotatable bonds is 2. The lowest BCUT2D eigenvalue weighted by Gasteiger charge is -2.16. The number of fused-ring (bicyclic) bond motifs is 1. The molecule has 0 unspecified atom stereocenters. The Labute approximate surface area is 102 Å². The number of hydrogen-bond acceptors (Lipinski definition) is 4. The lowest BCUT2D eigenvalue weighted by Crippen LogP contribution is -2.29. The molecular weight excluding hydrogens is 260 g/mol. The molecule has 0 saturated carbocycles. The Morgan fingerprint density at radius 2 is 1.59 bits per heavy atom. The highest BCUT2D eigenvalue weighted by Gasteiger charge is 2.44. The van der Waals surface area contributed by atoms with Crippen LogP contribution in [0, 0.1) is 0 Å². The molecule has 0 N–H and O–H groups in total. The lowest BCUT2D eigenvalue weighted by atomic mass is 10.1. The smallest absolute Gasteiger partial charge is 0.155 e. The van der Waals surface area contributed by atoms with E-state index in [0.29, 0.717) is 5.56 Å². The molecule has 1 aliphatic carbocycles. The van der Waals surface area contributed by atoms with E-state index in [9.17, 15) is 16.8 Å². The molecule has 0 saturated heterocycles. The second-order valence-electron chi connectivity index (χ2n) is 4.52. The summed E-state index contributed by atoms with van der Waals surface area (Å²) in [5, 5.41) is -1.77. The molecule has 0 aromatic heterocycles. The van der Waals surface area contributed by atoms with Crippen LogP contribution in [0.15, 0.2) is 24.3 Å². The Bertz CT molecular complexity index is 644. The summed E-state index contributed by atoms with van der Waals surface area (Å²) in [6, 6.07) is 7.02. The molecule has 94 valence electrons. The van der Waals surface area contributed by atoms with E-state index < -0.39 is 30.2 Å². The molecule has 1 aliphatic rings. The molecule has 1 aromatic carbocycles. The fourth-order valence-corrected chi connectivity index (χ4v) is 6.03. The van der Waals surface area contributed by atoms with Gasteiger partial charge in [-0.1, -0.05) is 24.3 Å². The van der Waals surface area contributed by atoms with E-state index in [4.69, 9.17) is 0 Å². The van der Waals surface area contributed by atoms with Gasteiger partial charge in [-0.15, -0.1) is 0 Å². The van der Waals surface area contributed by atoms with Crippen molar-refractivity contribution in [2.75, 3.05) is 12.5 Å². The van der Waals surface area contributed by atoms with E-state index in [1.165, 1.54) is 0 Å². The first kappa shape index (κ1) is 12.6. The molecule has 17 heavy (non-hydrogen) atoms. The fraction of sp³-hybridized carbons (Fsp3) is 0.455. The quantitative estimate of drug-likeness (QED) is 0.797. The molecule has 6 heteroatoms. The van der Waals surface area contributed by atoms with Gasteiger partial charge >= 0.3 is 0 Å². The van der Waals surface area contributed by atoms with Crippen molar-refractivity contribution < 1.29 is 16.8 Å². The first-order chi connectivity index (χ1) is 7.71. The van der Waals surface area contributed by atoms with Crippen molar-refractivity contribution in [1.29, 1.82) is 0 Å². The van der Waals surface area contributed by atoms with Crippen LogP contribution in [0.2, 0.25) is 0 Å². The molecule has 2 atom stereocenters. The van der Waals surface area contributed by atoms with Crippen LogP contribution < -0.4 is 0 Å². The molecule has 4 nitrogen and oxygen atoms in total. The van der Waals surface area contributed by atoms with Crippen molar-refractivity contribution in [1.82, 2.24) is 0 Å². The van der Waals surface area contributed by atoms with Gasteiger partial charge < -0.3 is 0 Å². The third kappa shape index (κ3) is 2.24. The third-order valence-electron chi connectivity index (χ3n) is 3.13. The van der Waals surface area contributed by atoms with Gasteiger partial charge in [-0.25, -0.2) is 16.8 Å². The average molecular weight is 274 g/mol. The van der Waals surface area contributed by atoms with Crippen molar-refractivity contribution in [2.24, 2.45) is 0 Å². The SMILES string of the molecule is CS(=O)(=O)[C@@H]1Cc2ccccc2[C@H]1S(C)(=O)=O. The summed E-state index contributed by atoms with van der Waals surface area (Å²) in [4.78, 5) is 0. The predicted octanol–water partition coefficient (Wildman–Crippen LogP) is 0.742. The predicted molar refractivity (Wildman–Crippen MR) is 66.4 cm³/mol. The summed E-state index contributed by atoms with van der Waals surface area (Å²) in [5.41, 5.74) is 1.45. The molecular formula is C11H14O4S2. The van der Waals surface area contributed by atoms with Crippen molar-refractivity contribution in [3.8, 4) is 0 Å². The largest absolute Gasteiger partial charge is 0.229 e. The van der Waals surface area contributed by atoms with E-state index in [2.05, 4.69) is 0 Å². The minimum Gasteiger partial charge on any atom is -0.229 e. The first-order valence-electron chi connectivity index (χ1n) is 5.17. The van der Waals surface area contributed by atoms with Crippen LogP contribution in [0.25, 0.3) is 0 Å². The topological polar surface area (TPSA) is 68.3 Å². The van der Waals surface area contributed by atoms with Crippen molar-refractivity contribution in [2.45, 2.75) is 16.9 Å². The molecule has 0 fully saturated rings. The van der Waals surface area contributed by atoms with Gasteiger partial charge in [0, 0.05) is 12.5 Å². The van der Waals surface area contributed by atoms with Gasteiger partial charge in [0.1, 0.15) is 5.25 Å².